The molecule has 3 unspecified atom stereocenters. The van der Waals surface area contributed by atoms with Crippen molar-refractivity contribution in [1.82, 2.24) is 5.32 Å². The van der Waals surface area contributed by atoms with Gasteiger partial charge in [-0.3, -0.25) is 0 Å². The van der Waals surface area contributed by atoms with Crippen LogP contribution in [0.3, 0.4) is 0 Å². The first-order chi connectivity index (χ1) is 9.31. The summed E-state index contributed by atoms with van der Waals surface area (Å²) < 4.78 is 16.6. The Morgan fingerprint density at radius 3 is 2.79 bits per heavy atom. The van der Waals surface area contributed by atoms with Gasteiger partial charge in [-0.1, -0.05) is 12.1 Å². The molecule has 2 heterocycles. The Balaban J connectivity index is 1.66. The standard InChI is InChI=1S/C15H21NO3/c1-17-14-5-3-4-10(15(14)18-2)9-16-12-8-11-6-7-13(12)19-11/h3-5,11-13,16H,6-9H2,1-2H3. The van der Waals surface area contributed by atoms with Crippen molar-refractivity contribution >= 4 is 0 Å². The summed E-state index contributed by atoms with van der Waals surface area (Å²) in [7, 11) is 3.35. The van der Waals surface area contributed by atoms with E-state index in [-0.39, 0.29) is 0 Å². The van der Waals surface area contributed by atoms with Gasteiger partial charge in [0, 0.05) is 18.2 Å². The van der Waals surface area contributed by atoms with Crippen molar-refractivity contribution in [2.24, 2.45) is 0 Å². The van der Waals surface area contributed by atoms with Crippen LogP contribution < -0.4 is 14.8 Å². The number of fused-ring (bicyclic) bond motifs is 2. The number of hydrogen-bond donors (Lipinski definition) is 1. The minimum atomic E-state index is 0.404. The van der Waals surface area contributed by atoms with E-state index in [4.69, 9.17) is 14.2 Å². The van der Waals surface area contributed by atoms with E-state index in [2.05, 4.69) is 11.4 Å². The smallest absolute Gasteiger partial charge is 0.165 e. The maximum absolute atomic E-state index is 5.86. The minimum absolute atomic E-state index is 0.404. The molecule has 2 bridgehead atoms. The SMILES string of the molecule is COc1cccc(CNC2CC3CCC2O3)c1OC. The average Bonchev–Trinajstić information content (AvgIpc) is 3.06. The molecule has 2 saturated heterocycles. The van der Waals surface area contributed by atoms with Gasteiger partial charge in [0.1, 0.15) is 0 Å². The molecule has 4 heteroatoms. The van der Waals surface area contributed by atoms with E-state index in [1.165, 1.54) is 12.8 Å². The van der Waals surface area contributed by atoms with Gasteiger partial charge < -0.3 is 19.5 Å². The monoisotopic (exact) mass is 263 g/mol. The molecule has 1 N–H and O–H groups in total. The first kappa shape index (κ1) is 12.8. The predicted octanol–water partition coefficient (Wildman–Crippen LogP) is 2.11. The van der Waals surface area contributed by atoms with Gasteiger partial charge in [-0.2, -0.15) is 0 Å². The van der Waals surface area contributed by atoms with E-state index < -0.39 is 0 Å². The lowest BCUT2D eigenvalue weighted by Crippen LogP contribution is -2.37. The third-order valence-electron chi connectivity index (χ3n) is 4.15. The fraction of sp³-hybridized carbons (Fsp3) is 0.600. The number of benzene rings is 1. The molecular weight excluding hydrogens is 242 g/mol. The van der Waals surface area contributed by atoms with Crippen molar-refractivity contribution in [2.75, 3.05) is 14.2 Å². The number of rotatable bonds is 5. The van der Waals surface area contributed by atoms with Crippen LogP contribution in [0.15, 0.2) is 18.2 Å². The Hall–Kier alpha value is -1.26. The van der Waals surface area contributed by atoms with E-state index >= 15 is 0 Å². The van der Waals surface area contributed by atoms with E-state index in [0.717, 1.165) is 30.0 Å². The Labute approximate surface area is 114 Å². The van der Waals surface area contributed by atoms with Crippen LogP contribution >= 0.6 is 0 Å². The zero-order valence-electron chi connectivity index (χ0n) is 11.5. The number of para-hydroxylation sites is 1. The fourth-order valence-corrected chi connectivity index (χ4v) is 3.19. The Kier molecular flexibility index (Phi) is 3.62. The van der Waals surface area contributed by atoms with Crippen molar-refractivity contribution in [2.45, 2.75) is 44.1 Å². The van der Waals surface area contributed by atoms with Gasteiger partial charge in [0.2, 0.25) is 0 Å². The van der Waals surface area contributed by atoms with Crippen LogP contribution in [0.4, 0.5) is 0 Å². The van der Waals surface area contributed by atoms with Gasteiger partial charge in [0.15, 0.2) is 11.5 Å². The summed E-state index contributed by atoms with van der Waals surface area (Å²) in [5, 5.41) is 3.59. The zero-order chi connectivity index (χ0) is 13.2. The molecule has 0 aromatic heterocycles. The first-order valence-electron chi connectivity index (χ1n) is 6.90. The van der Waals surface area contributed by atoms with Gasteiger partial charge in [0.25, 0.3) is 0 Å². The maximum atomic E-state index is 5.86. The third kappa shape index (κ3) is 2.42. The predicted molar refractivity (Wildman–Crippen MR) is 72.7 cm³/mol. The highest BCUT2D eigenvalue weighted by molar-refractivity contribution is 5.46. The molecule has 3 atom stereocenters. The minimum Gasteiger partial charge on any atom is -0.493 e. The van der Waals surface area contributed by atoms with Crippen molar-refractivity contribution in [3.05, 3.63) is 23.8 Å². The normalized spacial score (nSPS) is 28.6. The van der Waals surface area contributed by atoms with Crippen LogP contribution in [0, 0.1) is 0 Å². The van der Waals surface area contributed by atoms with E-state index in [1.54, 1.807) is 14.2 Å². The van der Waals surface area contributed by atoms with Crippen molar-refractivity contribution in [1.29, 1.82) is 0 Å². The maximum Gasteiger partial charge on any atom is 0.165 e. The lowest BCUT2D eigenvalue weighted by atomic mass is 9.95. The molecule has 1 aromatic carbocycles. The molecule has 2 fully saturated rings. The fourth-order valence-electron chi connectivity index (χ4n) is 3.19. The Bertz CT molecular complexity index is 449. The Morgan fingerprint density at radius 1 is 1.26 bits per heavy atom. The summed E-state index contributed by atoms with van der Waals surface area (Å²) in [6.07, 6.45) is 4.44. The molecular formula is C15H21NO3. The summed E-state index contributed by atoms with van der Waals surface area (Å²) in [5.74, 6) is 1.60. The summed E-state index contributed by atoms with van der Waals surface area (Å²) >= 11 is 0. The third-order valence-corrected chi connectivity index (χ3v) is 4.15. The van der Waals surface area contributed by atoms with Crippen LogP contribution in [0.5, 0.6) is 11.5 Å². The average molecular weight is 263 g/mol. The molecule has 0 amide bonds. The van der Waals surface area contributed by atoms with E-state index in [1.807, 2.05) is 12.1 Å². The van der Waals surface area contributed by atoms with Crippen molar-refractivity contribution in [3.63, 3.8) is 0 Å². The molecule has 2 aliphatic heterocycles. The molecule has 3 rings (SSSR count). The van der Waals surface area contributed by atoms with Crippen LogP contribution in [-0.2, 0) is 11.3 Å². The largest absolute Gasteiger partial charge is 0.493 e. The lowest BCUT2D eigenvalue weighted by molar-refractivity contribution is 0.0972. The number of hydrogen-bond acceptors (Lipinski definition) is 4. The quantitative estimate of drug-likeness (QED) is 0.883. The zero-order valence-corrected chi connectivity index (χ0v) is 11.5. The highest BCUT2D eigenvalue weighted by atomic mass is 16.5. The van der Waals surface area contributed by atoms with Gasteiger partial charge in [0.05, 0.1) is 26.4 Å². The molecule has 104 valence electrons. The number of ether oxygens (including phenoxy) is 3. The first-order valence-corrected chi connectivity index (χ1v) is 6.90. The summed E-state index contributed by atoms with van der Waals surface area (Å²) in [6.45, 7) is 0.789. The van der Waals surface area contributed by atoms with Gasteiger partial charge in [-0.15, -0.1) is 0 Å². The number of nitrogens with one attached hydrogen (secondary N) is 1. The van der Waals surface area contributed by atoms with Crippen molar-refractivity contribution in [3.8, 4) is 11.5 Å². The summed E-state index contributed by atoms with van der Waals surface area (Å²) in [6, 6.07) is 6.47. The second kappa shape index (κ2) is 5.39. The molecule has 0 spiro atoms. The second-order valence-corrected chi connectivity index (χ2v) is 5.25. The lowest BCUT2D eigenvalue weighted by Gasteiger charge is -2.21. The topological polar surface area (TPSA) is 39.7 Å². The second-order valence-electron chi connectivity index (χ2n) is 5.25. The van der Waals surface area contributed by atoms with Gasteiger partial charge in [-0.25, -0.2) is 0 Å². The van der Waals surface area contributed by atoms with Crippen LogP contribution in [0.25, 0.3) is 0 Å². The van der Waals surface area contributed by atoms with Crippen LogP contribution in [0.2, 0.25) is 0 Å². The van der Waals surface area contributed by atoms with E-state index in [9.17, 15) is 0 Å². The molecule has 19 heavy (non-hydrogen) atoms. The highest BCUT2D eigenvalue weighted by Crippen LogP contribution is 2.35. The number of methoxy groups -OCH3 is 2. The molecule has 0 radical (unpaired) electrons. The molecule has 0 aliphatic carbocycles. The van der Waals surface area contributed by atoms with E-state index in [0.29, 0.717) is 18.2 Å². The molecule has 0 saturated carbocycles. The van der Waals surface area contributed by atoms with Crippen LogP contribution in [-0.4, -0.2) is 32.5 Å². The van der Waals surface area contributed by atoms with Gasteiger partial charge >= 0.3 is 0 Å². The summed E-state index contributed by atoms with van der Waals surface area (Å²) in [5.41, 5.74) is 1.13. The van der Waals surface area contributed by atoms with Crippen molar-refractivity contribution < 1.29 is 14.2 Å². The molecule has 2 aliphatic rings. The van der Waals surface area contributed by atoms with Crippen LogP contribution in [0.1, 0.15) is 24.8 Å². The highest BCUT2D eigenvalue weighted by Gasteiger charge is 2.40. The molecule has 4 nitrogen and oxygen atoms in total. The summed E-state index contributed by atoms with van der Waals surface area (Å²) in [4.78, 5) is 0. The van der Waals surface area contributed by atoms with Gasteiger partial charge in [-0.05, 0) is 25.3 Å². The Morgan fingerprint density at radius 2 is 2.16 bits per heavy atom. The molecule has 1 aromatic rings.